The second kappa shape index (κ2) is 6.47. The van der Waals surface area contributed by atoms with E-state index in [0.717, 1.165) is 35.1 Å². The molecule has 0 spiro atoms. The number of aromatic nitrogens is 4. The van der Waals surface area contributed by atoms with Crippen LogP contribution in [-0.4, -0.2) is 34.8 Å². The van der Waals surface area contributed by atoms with Gasteiger partial charge in [-0.1, -0.05) is 17.4 Å². The fourth-order valence-electron chi connectivity index (χ4n) is 3.11. The van der Waals surface area contributed by atoms with Crippen molar-refractivity contribution < 1.29 is 8.42 Å². The molecule has 0 saturated carbocycles. The average molecular weight is 377 g/mol. The summed E-state index contributed by atoms with van der Waals surface area (Å²) in [6.07, 6.45) is 4.85. The van der Waals surface area contributed by atoms with Crippen molar-refractivity contribution in [3.8, 4) is 0 Å². The molecule has 1 aromatic carbocycles. The van der Waals surface area contributed by atoms with Gasteiger partial charge in [0.1, 0.15) is 5.01 Å². The highest BCUT2D eigenvalue weighted by molar-refractivity contribution is 7.89. The Morgan fingerprint density at radius 2 is 2.00 bits per heavy atom. The highest BCUT2D eigenvalue weighted by Gasteiger charge is 2.18. The first-order valence-corrected chi connectivity index (χ1v) is 10.6. The van der Waals surface area contributed by atoms with E-state index in [4.69, 9.17) is 0 Å². The van der Waals surface area contributed by atoms with Crippen LogP contribution in [0.2, 0.25) is 0 Å². The zero-order valence-electron chi connectivity index (χ0n) is 13.9. The monoisotopic (exact) mass is 377 g/mol. The number of fused-ring (bicyclic) bond motifs is 2. The maximum Gasteiger partial charge on any atom is 0.240 e. The number of nitrogens with one attached hydrogen (secondary N) is 1. The molecule has 0 saturated heterocycles. The molecule has 1 aliphatic rings. The van der Waals surface area contributed by atoms with E-state index in [1.54, 1.807) is 10.6 Å². The molecule has 1 aliphatic carbocycles. The predicted molar refractivity (Wildman–Crippen MR) is 95.4 cm³/mol. The third-order valence-corrected chi connectivity index (χ3v) is 6.87. The van der Waals surface area contributed by atoms with Crippen molar-refractivity contribution in [2.75, 3.05) is 6.54 Å². The van der Waals surface area contributed by atoms with Gasteiger partial charge in [0.05, 0.1) is 4.90 Å². The largest absolute Gasteiger partial charge is 0.240 e. The highest BCUT2D eigenvalue weighted by atomic mass is 32.2. The van der Waals surface area contributed by atoms with Gasteiger partial charge in [0.15, 0.2) is 5.82 Å². The lowest BCUT2D eigenvalue weighted by molar-refractivity contribution is 0.580. The third kappa shape index (κ3) is 3.31. The smallest absolute Gasteiger partial charge is 0.211 e. The summed E-state index contributed by atoms with van der Waals surface area (Å²) in [6, 6.07) is 5.48. The molecule has 1 N–H and O–H groups in total. The average Bonchev–Trinajstić information content (AvgIpc) is 3.16. The lowest BCUT2D eigenvalue weighted by atomic mass is 9.92. The first-order chi connectivity index (χ1) is 12.0. The number of rotatable bonds is 5. The van der Waals surface area contributed by atoms with Gasteiger partial charge in [-0.05, 0) is 55.9 Å². The van der Waals surface area contributed by atoms with E-state index in [-0.39, 0.29) is 0 Å². The molecule has 0 radical (unpaired) electrons. The van der Waals surface area contributed by atoms with Crippen molar-refractivity contribution in [2.24, 2.45) is 0 Å². The Morgan fingerprint density at radius 3 is 2.80 bits per heavy atom. The van der Waals surface area contributed by atoms with Gasteiger partial charge in [0, 0.05) is 13.0 Å². The Labute approximate surface area is 150 Å². The van der Waals surface area contributed by atoms with Crippen LogP contribution >= 0.6 is 11.3 Å². The Kier molecular flexibility index (Phi) is 4.30. The van der Waals surface area contributed by atoms with E-state index in [1.165, 1.54) is 28.9 Å². The Bertz CT molecular complexity index is 1020. The molecule has 7 nitrogen and oxygen atoms in total. The van der Waals surface area contributed by atoms with Crippen LogP contribution in [0.15, 0.2) is 23.1 Å². The normalized spacial score (nSPS) is 14.8. The first kappa shape index (κ1) is 16.6. The van der Waals surface area contributed by atoms with E-state index < -0.39 is 10.0 Å². The van der Waals surface area contributed by atoms with Gasteiger partial charge in [-0.2, -0.15) is 9.61 Å². The van der Waals surface area contributed by atoms with Crippen LogP contribution in [0.5, 0.6) is 0 Å². The SMILES string of the molecule is Cc1nnc2sc(CCNS(=O)(=O)c3ccc4c(c3)CCCC4)nn12. The Morgan fingerprint density at radius 1 is 1.20 bits per heavy atom. The lowest BCUT2D eigenvalue weighted by Crippen LogP contribution is -2.26. The summed E-state index contributed by atoms with van der Waals surface area (Å²) in [5, 5.41) is 13.2. The fraction of sp³-hybridized carbons (Fsp3) is 0.438. The number of hydrogen-bond donors (Lipinski definition) is 1. The molecule has 0 aliphatic heterocycles. The standard InChI is InChI=1S/C16H19N5O2S2/c1-11-18-19-16-21(11)20-15(24-16)8-9-17-25(22,23)14-7-6-12-4-2-3-5-13(12)10-14/h6-7,10,17H,2-5,8-9H2,1H3. The molecular formula is C16H19N5O2S2. The summed E-state index contributed by atoms with van der Waals surface area (Å²) in [4.78, 5) is 1.08. The van der Waals surface area contributed by atoms with Gasteiger partial charge in [-0.15, -0.1) is 10.2 Å². The van der Waals surface area contributed by atoms with E-state index in [9.17, 15) is 8.42 Å². The van der Waals surface area contributed by atoms with E-state index in [1.807, 2.05) is 19.1 Å². The zero-order chi connectivity index (χ0) is 17.4. The molecule has 0 amide bonds. The minimum absolute atomic E-state index is 0.308. The van der Waals surface area contributed by atoms with E-state index in [0.29, 0.717) is 17.9 Å². The van der Waals surface area contributed by atoms with Gasteiger partial charge in [0.25, 0.3) is 0 Å². The van der Waals surface area contributed by atoms with Gasteiger partial charge in [-0.3, -0.25) is 0 Å². The van der Waals surface area contributed by atoms with Gasteiger partial charge in [-0.25, -0.2) is 13.1 Å². The summed E-state index contributed by atoms with van der Waals surface area (Å²) < 4.78 is 29.4. The molecule has 3 aromatic rings. The summed E-state index contributed by atoms with van der Waals surface area (Å²) >= 11 is 1.43. The first-order valence-electron chi connectivity index (χ1n) is 8.32. The van der Waals surface area contributed by atoms with Crippen LogP contribution in [0.25, 0.3) is 4.96 Å². The number of nitrogens with zero attached hydrogens (tertiary/aromatic N) is 4. The van der Waals surface area contributed by atoms with Crippen molar-refractivity contribution in [1.82, 2.24) is 24.5 Å². The van der Waals surface area contributed by atoms with Crippen molar-refractivity contribution in [2.45, 2.75) is 43.9 Å². The molecule has 2 heterocycles. The van der Waals surface area contributed by atoms with Gasteiger partial charge in [0.2, 0.25) is 15.0 Å². The summed E-state index contributed by atoms with van der Waals surface area (Å²) in [7, 11) is -3.50. The second-order valence-electron chi connectivity index (χ2n) is 6.22. The van der Waals surface area contributed by atoms with Crippen LogP contribution < -0.4 is 4.72 Å². The minimum Gasteiger partial charge on any atom is -0.211 e. The zero-order valence-corrected chi connectivity index (χ0v) is 15.5. The van der Waals surface area contributed by atoms with Crippen LogP contribution in [0.4, 0.5) is 0 Å². The second-order valence-corrected chi connectivity index (χ2v) is 9.03. The van der Waals surface area contributed by atoms with E-state index in [2.05, 4.69) is 20.0 Å². The quantitative estimate of drug-likeness (QED) is 0.733. The van der Waals surface area contributed by atoms with Gasteiger partial charge >= 0.3 is 0 Å². The maximum absolute atomic E-state index is 12.5. The summed E-state index contributed by atoms with van der Waals surface area (Å²) in [5.74, 6) is 0.729. The molecule has 9 heteroatoms. The van der Waals surface area contributed by atoms with Crippen LogP contribution in [0, 0.1) is 6.92 Å². The van der Waals surface area contributed by atoms with Crippen LogP contribution in [0.3, 0.4) is 0 Å². The molecule has 0 unspecified atom stereocenters. The minimum atomic E-state index is -3.50. The molecule has 0 bridgehead atoms. The van der Waals surface area contributed by atoms with E-state index >= 15 is 0 Å². The molecule has 132 valence electrons. The molecule has 4 rings (SSSR count). The Hall–Kier alpha value is -1.84. The number of sulfonamides is 1. The van der Waals surface area contributed by atoms with Crippen molar-refractivity contribution in [1.29, 1.82) is 0 Å². The van der Waals surface area contributed by atoms with Crippen molar-refractivity contribution in [3.63, 3.8) is 0 Å². The fourth-order valence-corrected chi connectivity index (χ4v) is 5.07. The number of hydrogen-bond acceptors (Lipinski definition) is 6. The third-order valence-electron chi connectivity index (χ3n) is 4.45. The summed E-state index contributed by atoms with van der Waals surface area (Å²) in [5.41, 5.74) is 2.44. The van der Waals surface area contributed by atoms with Crippen LogP contribution in [-0.2, 0) is 29.3 Å². The van der Waals surface area contributed by atoms with Gasteiger partial charge < -0.3 is 0 Å². The lowest BCUT2D eigenvalue weighted by Gasteiger charge is -2.16. The summed E-state index contributed by atoms with van der Waals surface area (Å²) in [6.45, 7) is 2.14. The molecule has 0 fully saturated rings. The molecule has 2 aromatic heterocycles. The predicted octanol–water partition coefficient (Wildman–Crippen LogP) is 1.89. The topological polar surface area (TPSA) is 89.2 Å². The molecule has 0 atom stereocenters. The number of aryl methyl sites for hydroxylation is 3. The van der Waals surface area contributed by atoms with Crippen molar-refractivity contribution >= 4 is 26.3 Å². The highest BCUT2D eigenvalue weighted by Crippen LogP contribution is 2.24. The van der Waals surface area contributed by atoms with Crippen molar-refractivity contribution in [3.05, 3.63) is 40.2 Å². The molecule has 25 heavy (non-hydrogen) atoms. The van der Waals surface area contributed by atoms with Crippen LogP contribution in [0.1, 0.15) is 34.8 Å². The maximum atomic E-state index is 12.5. The molecular weight excluding hydrogens is 358 g/mol. The number of benzene rings is 1. The Balaban J connectivity index is 1.44.